The number of hydrogen-bond donors (Lipinski definition) is 3. The van der Waals surface area contributed by atoms with Gasteiger partial charge in [-0.15, -0.1) is 0 Å². The molecule has 3 aromatic heterocycles. The van der Waals surface area contributed by atoms with Crippen LogP contribution in [-0.2, 0) is 17.9 Å². The van der Waals surface area contributed by atoms with Gasteiger partial charge >= 0.3 is 0 Å². The zero-order valence-electron chi connectivity index (χ0n) is 28.7. The molecule has 0 unspecified atom stereocenters. The minimum absolute atomic E-state index is 0.0631. The largest absolute Gasteiger partial charge is 0.481 e. The highest BCUT2D eigenvalue weighted by Gasteiger charge is 2.37. The van der Waals surface area contributed by atoms with E-state index in [0.717, 1.165) is 52.9 Å². The van der Waals surface area contributed by atoms with Crippen molar-refractivity contribution in [3.8, 4) is 39.4 Å². The molecular weight excluding hydrogens is 687 g/mol. The van der Waals surface area contributed by atoms with Crippen LogP contribution in [0, 0.1) is 5.92 Å². The molecule has 3 N–H and O–H groups in total. The van der Waals surface area contributed by atoms with Crippen molar-refractivity contribution in [3.63, 3.8) is 0 Å². The zero-order valence-corrected chi connectivity index (χ0v) is 30.3. The number of hydrogen-bond acceptors (Lipinski definition) is 8. The van der Waals surface area contributed by atoms with E-state index in [4.69, 9.17) is 32.9 Å². The van der Waals surface area contributed by atoms with Gasteiger partial charge in [-0.1, -0.05) is 65.7 Å². The topological polar surface area (TPSA) is 121 Å². The number of methoxy groups -OCH3 is 1. The van der Waals surface area contributed by atoms with Crippen LogP contribution < -0.4 is 20.9 Å². The molecule has 1 amide bonds. The van der Waals surface area contributed by atoms with Crippen molar-refractivity contribution in [3.05, 3.63) is 105 Å². The highest BCUT2D eigenvalue weighted by atomic mass is 35.5. The predicted octanol–water partition coefficient (Wildman–Crippen LogP) is 5.98. The lowest BCUT2D eigenvalue weighted by molar-refractivity contribution is -0.119. The van der Waals surface area contributed by atoms with Crippen molar-refractivity contribution >= 4 is 34.8 Å². The molecule has 5 aromatic rings. The summed E-state index contributed by atoms with van der Waals surface area (Å²) in [6, 6.07) is 19.3. The van der Waals surface area contributed by atoms with Crippen LogP contribution in [0.1, 0.15) is 37.8 Å². The zero-order chi connectivity index (χ0) is 35.9. The minimum Gasteiger partial charge on any atom is -0.481 e. The fourth-order valence-electron chi connectivity index (χ4n) is 6.82. The molecule has 0 aliphatic carbocycles. The van der Waals surface area contributed by atoms with E-state index < -0.39 is 5.60 Å². The molecule has 0 radical (unpaired) electrons. The molecule has 7 rings (SSSR count). The van der Waals surface area contributed by atoms with Crippen LogP contribution >= 0.6 is 23.2 Å². The van der Waals surface area contributed by atoms with Gasteiger partial charge in [-0.3, -0.25) is 18.9 Å². The average Bonchev–Trinajstić information content (AvgIpc) is 3.51. The van der Waals surface area contributed by atoms with Gasteiger partial charge in [0.2, 0.25) is 11.8 Å². The van der Waals surface area contributed by atoms with Crippen molar-refractivity contribution < 1.29 is 14.6 Å². The van der Waals surface area contributed by atoms with Gasteiger partial charge in [-0.05, 0) is 44.0 Å². The lowest BCUT2D eigenvalue weighted by Gasteiger charge is -2.45. The highest BCUT2D eigenvalue weighted by Crippen LogP contribution is 2.42. The second-order valence-electron chi connectivity index (χ2n) is 13.9. The number of halogens is 2. The van der Waals surface area contributed by atoms with E-state index in [-0.39, 0.29) is 23.4 Å². The Morgan fingerprint density at radius 3 is 2.37 bits per heavy atom. The molecule has 2 aliphatic rings. The number of pyridine rings is 2. The smallest absolute Gasteiger partial charge is 0.262 e. The van der Waals surface area contributed by atoms with Crippen LogP contribution in [0.4, 0.5) is 0 Å². The molecule has 0 bridgehead atoms. The number of amides is 1. The van der Waals surface area contributed by atoms with E-state index in [2.05, 4.69) is 20.5 Å². The summed E-state index contributed by atoms with van der Waals surface area (Å²) in [5.41, 5.74) is 5.69. The first-order valence-corrected chi connectivity index (χ1v) is 17.8. The summed E-state index contributed by atoms with van der Waals surface area (Å²) >= 11 is 14.2. The SMILES string of the molecule is COc1nc(-c2cccc(-c3cccc(-c4ccn5c(=O)c(CNC[C@@H]6CCC(=O)N6)cnc5c4)c3Cl)c2Cl)ccc1CN1CC(C(C)(C)O)C1. The van der Waals surface area contributed by atoms with E-state index in [1.54, 1.807) is 19.5 Å². The molecule has 2 aliphatic heterocycles. The number of likely N-dealkylation sites (tertiary alicyclic amines) is 1. The lowest BCUT2D eigenvalue weighted by Crippen LogP contribution is -2.55. The number of ether oxygens (including phenoxy) is 1. The molecule has 0 spiro atoms. The Balaban J connectivity index is 1.12. The van der Waals surface area contributed by atoms with Gasteiger partial charge < -0.3 is 20.5 Å². The number of benzene rings is 2. The van der Waals surface area contributed by atoms with Gasteiger partial charge in [-0.25, -0.2) is 9.97 Å². The summed E-state index contributed by atoms with van der Waals surface area (Å²) in [5, 5.41) is 17.5. The molecular formula is C39H40Cl2N6O4. The number of aliphatic hydroxyl groups is 1. The molecule has 2 aromatic carbocycles. The first-order chi connectivity index (χ1) is 24.5. The molecule has 5 heterocycles. The predicted molar refractivity (Wildman–Crippen MR) is 200 cm³/mol. The van der Waals surface area contributed by atoms with Gasteiger partial charge in [0.05, 0.1) is 28.5 Å². The normalized spacial score (nSPS) is 16.7. The molecule has 0 saturated carbocycles. The number of carbonyl (C=O) groups is 1. The Kier molecular flexibility index (Phi) is 9.88. The van der Waals surface area contributed by atoms with Gasteiger partial charge in [-0.2, -0.15) is 0 Å². The maximum absolute atomic E-state index is 13.3. The van der Waals surface area contributed by atoms with Crippen molar-refractivity contribution in [1.82, 2.24) is 29.9 Å². The number of fused-ring (bicyclic) bond motifs is 1. The van der Waals surface area contributed by atoms with Crippen LogP contribution in [0.2, 0.25) is 10.0 Å². The molecule has 51 heavy (non-hydrogen) atoms. The Hall–Kier alpha value is -4.32. The van der Waals surface area contributed by atoms with E-state index in [9.17, 15) is 14.7 Å². The second kappa shape index (κ2) is 14.4. The molecule has 2 fully saturated rings. The highest BCUT2D eigenvalue weighted by molar-refractivity contribution is 6.39. The van der Waals surface area contributed by atoms with Crippen molar-refractivity contribution in [2.75, 3.05) is 26.7 Å². The number of nitrogens with zero attached hydrogens (tertiary/aromatic N) is 4. The summed E-state index contributed by atoms with van der Waals surface area (Å²) in [5.74, 6) is 0.839. The summed E-state index contributed by atoms with van der Waals surface area (Å²) in [6.07, 6.45) is 4.64. The lowest BCUT2D eigenvalue weighted by atomic mass is 9.84. The molecule has 12 heteroatoms. The third-order valence-corrected chi connectivity index (χ3v) is 10.7. The van der Waals surface area contributed by atoms with Gasteiger partial charge in [0.15, 0.2) is 0 Å². The third-order valence-electron chi connectivity index (χ3n) is 9.93. The quantitative estimate of drug-likeness (QED) is 0.152. The van der Waals surface area contributed by atoms with Gasteiger partial charge in [0.25, 0.3) is 5.56 Å². The van der Waals surface area contributed by atoms with Crippen molar-refractivity contribution in [1.29, 1.82) is 0 Å². The third kappa shape index (κ3) is 7.24. The summed E-state index contributed by atoms with van der Waals surface area (Å²) in [7, 11) is 1.62. The fourth-order valence-corrected chi connectivity index (χ4v) is 7.48. The number of carbonyl (C=O) groups excluding carboxylic acids is 1. The van der Waals surface area contributed by atoms with Crippen LogP contribution in [0.15, 0.2) is 77.9 Å². The molecule has 1 atom stereocenters. The number of rotatable bonds is 11. The van der Waals surface area contributed by atoms with Crippen LogP contribution in [0.3, 0.4) is 0 Å². The van der Waals surface area contributed by atoms with E-state index in [1.807, 2.05) is 74.5 Å². The summed E-state index contributed by atoms with van der Waals surface area (Å²) < 4.78 is 7.23. The molecule has 264 valence electrons. The maximum atomic E-state index is 13.3. The van der Waals surface area contributed by atoms with Crippen LogP contribution in [0.25, 0.3) is 39.2 Å². The summed E-state index contributed by atoms with van der Waals surface area (Å²) in [6.45, 7) is 6.98. The fraction of sp³-hybridized carbons (Fsp3) is 0.333. The Morgan fingerprint density at radius 1 is 0.980 bits per heavy atom. The van der Waals surface area contributed by atoms with Gasteiger partial charge in [0.1, 0.15) is 5.65 Å². The molecule has 2 saturated heterocycles. The molecule has 10 nitrogen and oxygen atoms in total. The first kappa shape index (κ1) is 35.1. The van der Waals surface area contributed by atoms with Crippen LogP contribution in [0.5, 0.6) is 5.88 Å². The minimum atomic E-state index is -0.693. The monoisotopic (exact) mass is 726 g/mol. The Morgan fingerprint density at radius 2 is 1.69 bits per heavy atom. The first-order valence-electron chi connectivity index (χ1n) is 17.1. The summed E-state index contributed by atoms with van der Waals surface area (Å²) in [4.78, 5) is 36.4. The van der Waals surface area contributed by atoms with Crippen LogP contribution in [-0.4, -0.2) is 68.7 Å². The van der Waals surface area contributed by atoms with Gasteiger partial charge in [0, 0.05) is 96.9 Å². The van der Waals surface area contributed by atoms with Crippen molar-refractivity contribution in [2.24, 2.45) is 5.92 Å². The average molecular weight is 728 g/mol. The number of nitrogens with one attached hydrogen (secondary N) is 2. The standard InChI is InChI=1S/C39H40Cl2N6O4/c1-39(2,50)26-21-46(22-26)20-24-10-12-32(45-37(24)51-3)31-9-5-8-30(36(31)41)29-7-4-6-28(35(29)40)23-14-15-47-33(16-23)43-18-25(38(47)49)17-42-19-27-11-13-34(48)44-27/h4-10,12,14-16,18,26-27,42,50H,11,13,17,19-22H2,1-3H3,(H,44,48)/t27-/m0/s1. The maximum Gasteiger partial charge on any atom is 0.262 e. The Labute approximate surface area is 306 Å². The van der Waals surface area contributed by atoms with E-state index >= 15 is 0 Å². The van der Waals surface area contributed by atoms with E-state index in [0.29, 0.717) is 58.9 Å². The Bertz CT molecular complexity index is 2180. The van der Waals surface area contributed by atoms with Crippen molar-refractivity contribution in [2.45, 2.75) is 51.4 Å². The second-order valence-corrected chi connectivity index (χ2v) is 14.7. The number of aromatic nitrogens is 3. The van der Waals surface area contributed by atoms with E-state index in [1.165, 1.54) is 4.40 Å².